The summed E-state index contributed by atoms with van der Waals surface area (Å²) in [5, 5.41) is 18.4. The molecule has 0 radical (unpaired) electrons. The van der Waals surface area contributed by atoms with Gasteiger partial charge in [-0.3, -0.25) is 0 Å². The summed E-state index contributed by atoms with van der Waals surface area (Å²) < 4.78 is 34.0. The Bertz CT molecular complexity index is 1380. The monoisotopic (exact) mass is 433 g/mol. The van der Waals surface area contributed by atoms with E-state index in [4.69, 9.17) is 14.0 Å². The van der Waals surface area contributed by atoms with E-state index in [0.717, 1.165) is 5.56 Å². The van der Waals surface area contributed by atoms with Crippen molar-refractivity contribution in [1.29, 1.82) is 5.26 Å². The molecule has 0 spiro atoms. The van der Waals surface area contributed by atoms with Crippen molar-refractivity contribution in [2.75, 3.05) is 5.43 Å². The summed E-state index contributed by atoms with van der Waals surface area (Å²) in [6, 6.07) is 20.5. The van der Waals surface area contributed by atoms with Crippen LogP contribution in [0.5, 0.6) is 0 Å². The van der Waals surface area contributed by atoms with E-state index in [0.29, 0.717) is 23.0 Å². The average molecular weight is 433 g/mol. The lowest BCUT2D eigenvalue weighted by Gasteiger charge is -2.00. The van der Waals surface area contributed by atoms with Gasteiger partial charge in [-0.15, -0.1) is 0 Å². The zero-order chi connectivity index (χ0) is 21.8. The molecule has 0 saturated heterocycles. The van der Waals surface area contributed by atoms with Crippen molar-refractivity contribution in [2.24, 2.45) is 10.2 Å². The largest absolute Gasteiger partial charge is 0.455 e. The van der Waals surface area contributed by atoms with Gasteiger partial charge in [0.15, 0.2) is 0 Å². The number of sulfonamides is 1. The van der Waals surface area contributed by atoms with Gasteiger partial charge in [-0.1, -0.05) is 18.2 Å². The number of anilines is 1. The van der Waals surface area contributed by atoms with E-state index in [1.807, 2.05) is 36.4 Å². The fourth-order valence-corrected chi connectivity index (χ4v) is 3.23. The molecule has 0 aliphatic rings. The SMILES string of the molecule is N#Cc1nc(-c2ccccc2)oc1N/N=C/c1ccc(-c2ccc(S(N)(=O)=O)cc2)o1. The van der Waals surface area contributed by atoms with Crippen LogP contribution in [0.3, 0.4) is 0 Å². The van der Waals surface area contributed by atoms with E-state index in [1.165, 1.54) is 18.3 Å². The number of nitrogens with zero attached hydrogens (tertiary/aromatic N) is 3. The van der Waals surface area contributed by atoms with Gasteiger partial charge in [-0.25, -0.2) is 19.0 Å². The first kappa shape index (κ1) is 20.1. The highest BCUT2D eigenvalue weighted by Crippen LogP contribution is 2.25. The molecule has 3 N–H and O–H groups in total. The van der Waals surface area contributed by atoms with Crippen molar-refractivity contribution in [3.63, 3.8) is 0 Å². The Hall–Kier alpha value is -4.20. The number of hydrogen-bond donors (Lipinski definition) is 2. The highest BCUT2D eigenvalue weighted by molar-refractivity contribution is 7.89. The number of nitriles is 1. The van der Waals surface area contributed by atoms with E-state index in [9.17, 15) is 13.7 Å². The quantitative estimate of drug-likeness (QED) is 0.349. The predicted molar refractivity (Wildman–Crippen MR) is 113 cm³/mol. The molecule has 2 heterocycles. The third-order valence-electron chi connectivity index (χ3n) is 4.21. The molecule has 2 aromatic carbocycles. The summed E-state index contributed by atoms with van der Waals surface area (Å²) in [5.74, 6) is 1.37. The van der Waals surface area contributed by atoms with E-state index < -0.39 is 10.0 Å². The predicted octanol–water partition coefficient (Wildman–Crippen LogP) is 3.57. The van der Waals surface area contributed by atoms with Crippen LogP contribution < -0.4 is 10.6 Å². The van der Waals surface area contributed by atoms with Gasteiger partial charge in [0.1, 0.15) is 17.6 Å². The minimum Gasteiger partial charge on any atom is -0.455 e. The van der Waals surface area contributed by atoms with Crippen molar-refractivity contribution < 1.29 is 17.3 Å². The normalized spacial score (nSPS) is 11.5. The molecule has 0 fully saturated rings. The number of rotatable bonds is 6. The smallest absolute Gasteiger partial charge is 0.252 e. The van der Waals surface area contributed by atoms with Crippen molar-refractivity contribution in [3.8, 4) is 28.8 Å². The maximum Gasteiger partial charge on any atom is 0.252 e. The van der Waals surface area contributed by atoms with Crippen molar-refractivity contribution in [2.45, 2.75) is 4.90 Å². The zero-order valence-electron chi connectivity index (χ0n) is 15.9. The van der Waals surface area contributed by atoms with Crippen molar-refractivity contribution >= 4 is 22.1 Å². The summed E-state index contributed by atoms with van der Waals surface area (Å²) in [6.07, 6.45) is 1.41. The van der Waals surface area contributed by atoms with Gasteiger partial charge >= 0.3 is 0 Å². The fourth-order valence-electron chi connectivity index (χ4n) is 2.72. The number of oxazole rings is 1. The molecular formula is C21H15N5O4S. The third kappa shape index (κ3) is 4.53. The maximum absolute atomic E-state index is 11.3. The molecule has 0 aliphatic carbocycles. The molecule has 154 valence electrons. The Kier molecular flexibility index (Phi) is 5.36. The molecule has 0 unspecified atom stereocenters. The van der Waals surface area contributed by atoms with E-state index in [2.05, 4.69) is 15.5 Å². The first-order valence-corrected chi connectivity index (χ1v) is 10.5. The lowest BCUT2D eigenvalue weighted by molar-refractivity contribution is 0.574. The fraction of sp³-hybridized carbons (Fsp3) is 0. The molecule has 0 atom stereocenters. The lowest BCUT2D eigenvalue weighted by Crippen LogP contribution is -2.11. The first-order valence-electron chi connectivity index (χ1n) is 8.92. The van der Waals surface area contributed by atoms with Crippen molar-refractivity contribution in [3.05, 3.63) is 78.2 Å². The van der Waals surface area contributed by atoms with Gasteiger partial charge in [0.2, 0.25) is 21.6 Å². The van der Waals surface area contributed by atoms with Crippen LogP contribution in [0.2, 0.25) is 0 Å². The summed E-state index contributed by atoms with van der Waals surface area (Å²) in [4.78, 5) is 4.17. The molecule has 0 amide bonds. The number of hydrazone groups is 1. The van der Waals surface area contributed by atoms with Gasteiger partial charge in [0.05, 0.1) is 11.1 Å². The lowest BCUT2D eigenvalue weighted by atomic mass is 10.2. The van der Waals surface area contributed by atoms with Crippen LogP contribution in [0.15, 0.2) is 85.6 Å². The Morgan fingerprint density at radius 2 is 1.74 bits per heavy atom. The Morgan fingerprint density at radius 1 is 1.00 bits per heavy atom. The molecule has 4 aromatic rings. The molecule has 10 heteroatoms. The van der Waals surface area contributed by atoms with E-state index >= 15 is 0 Å². The molecule has 9 nitrogen and oxygen atoms in total. The van der Waals surface area contributed by atoms with Gasteiger partial charge in [0.25, 0.3) is 5.88 Å². The number of nitrogens with one attached hydrogen (secondary N) is 1. The number of nitrogens with two attached hydrogens (primary N) is 1. The van der Waals surface area contributed by atoms with E-state index in [1.54, 1.807) is 24.3 Å². The second kappa shape index (κ2) is 8.27. The topological polar surface area (TPSA) is 148 Å². The second-order valence-electron chi connectivity index (χ2n) is 6.32. The molecule has 0 aliphatic heterocycles. The number of benzene rings is 2. The van der Waals surface area contributed by atoms with Crippen LogP contribution in [0.4, 0.5) is 5.88 Å². The summed E-state index contributed by atoms with van der Waals surface area (Å²) >= 11 is 0. The van der Waals surface area contributed by atoms with Crippen LogP contribution in [0, 0.1) is 11.3 Å². The summed E-state index contributed by atoms with van der Waals surface area (Å²) in [7, 11) is -3.75. The van der Waals surface area contributed by atoms with Crippen molar-refractivity contribution in [1.82, 2.24) is 4.98 Å². The molecule has 2 aromatic heterocycles. The third-order valence-corrected chi connectivity index (χ3v) is 5.14. The number of primary sulfonamides is 1. The van der Waals surface area contributed by atoms with Crippen LogP contribution in [-0.4, -0.2) is 19.6 Å². The highest BCUT2D eigenvalue weighted by atomic mass is 32.2. The highest BCUT2D eigenvalue weighted by Gasteiger charge is 2.14. The van der Waals surface area contributed by atoms with Gasteiger partial charge in [-0.05, 0) is 48.5 Å². The number of hydrogen-bond acceptors (Lipinski definition) is 8. The van der Waals surface area contributed by atoms with Gasteiger partial charge in [0, 0.05) is 11.1 Å². The standard InChI is InChI=1S/C21H15N5O4S/c22-12-18-21(30-20(25-18)15-4-2-1-3-5-15)26-24-13-16-8-11-19(29-16)14-6-9-17(10-7-14)31(23,27)28/h1-11,13,26H,(H2,23,27,28)/b24-13+. The minimum atomic E-state index is -3.75. The van der Waals surface area contributed by atoms with Crippen LogP contribution in [0.25, 0.3) is 22.8 Å². The van der Waals surface area contributed by atoms with E-state index in [-0.39, 0.29) is 16.5 Å². The first-order chi connectivity index (χ1) is 14.9. The molecule has 4 rings (SSSR count). The summed E-state index contributed by atoms with van der Waals surface area (Å²) in [6.45, 7) is 0. The molecule has 0 saturated carbocycles. The van der Waals surface area contributed by atoms with Crippen LogP contribution >= 0.6 is 0 Å². The average Bonchev–Trinajstić information content (AvgIpc) is 3.41. The van der Waals surface area contributed by atoms with Crippen LogP contribution in [-0.2, 0) is 10.0 Å². The van der Waals surface area contributed by atoms with Gasteiger partial charge < -0.3 is 8.83 Å². The Labute approximate surface area is 177 Å². The Morgan fingerprint density at radius 3 is 2.42 bits per heavy atom. The maximum atomic E-state index is 11.3. The van der Waals surface area contributed by atoms with Gasteiger partial charge in [-0.2, -0.15) is 15.3 Å². The minimum absolute atomic E-state index is 0.0176. The molecule has 0 bridgehead atoms. The summed E-state index contributed by atoms with van der Waals surface area (Å²) in [5.41, 5.74) is 4.14. The molecular weight excluding hydrogens is 418 g/mol. The number of furan rings is 1. The molecule has 31 heavy (non-hydrogen) atoms. The van der Waals surface area contributed by atoms with Crippen LogP contribution in [0.1, 0.15) is 11.5 Å². The number of aromatic nitrogens is 1. The Balaban J connectivity index is 1.48. The second-order valence-corrected chi connectivity index (χ2v) is 7.88. The zero-order valence-corrected chi connectivity index (χ0v) is 16.7.